The molecular formula is C25H31N3O5S. The van der Waals surface area contributed by atoms with E-state index in [1.807, 2.05) is 26.0 Å². The van der Waals surface area contributed by atoms with Crippen molar-refractivity contribution in [3.63, 3.8) is 0 Å². The predicted octanol–water partition coefficient (Wildman–Crippen LogP) is 2.73. The molecular weight excluding hydrogens is 454 g/mol. The van der Waals surface area contributed by atoms with E-state index in [0.717, 1.165) is 30.4 Å². The Labute approximate surface area is 200 Å². The molecule has 2 aromatic rings. The predicted molar refractivity (Wildman–Crippen MR) is 128 cm³/mol. The van der Waals surface area contributed by atoms with Crippen molar-refractivity contribution in [2.75, 3.05) is 32.7 Å². The second kappa shape index (κ2) is 9.76. The van der Waals surface area contributed by atoms with Crippen LogP contribution in [0.5, 0.6) is 0 Å². The van der Waals surface area contributed by atoms with Crippen LogP contribution in [0.25, 0.3) is 6.08 Å². The number of furan rings is 1. The van der Waals surface area contributed by atoms with Crippen molar-refractivity contribution in [2.45, 2.75) is 38.0 Å². The standard InChI is InChI=1S/C25H31N3O5S/c1-19-5-6-20(2)22(16-19)34(31,32)28-13-10-25(11-14-28)9-12-27(18-25)24(30)17-26-23(29)8-7-21-4-3-15-33-21/h3-8,15-16H,9-14,17-18H2,1-2H3,(H,26,29)/b8-7-. The Hall–Kier alpha value is -2.91. The molecule has 9 heteroatoms. The number of likely N-dealkylation sites (tertiary alicyclic amines) is 1. The number of aryl methyl sites for hydroxylation is 2. The van der Waals surface area contributed by atoms with Crippen LogP contribution in [-0.4, -0.2) is 62.2 Å². The molecule has 2 amide bonds. The van der Waals surface area contributed by atoms with E-state index >= 15 is 0 Å². The summed E-state index contributed by atoms with van der Waals surface area (Å²) >= 11 is 0. The van der Waals surface area contributed by atoms with Gasteiger partial charge < -0.3 is 14.6 Å². The van der Waals surface area contributed by atoms with E-state index < -0.39 is 10.0 Å². The minimum Gasteiger partial charge on any atom is -0.465 e. The number of benzene rings is 1. The number of carbonyl (C=O) groups excluding carboxylic acids is 2. The van der Waals surface area contributed by atoms with Crippen LogP contribution >= 0.6 is 0 Å². The summed E-state index contributed by atoms with van der Waals surface area (Å²) in [5.41, 5.74) is 1.61. The number of nitrogens with one attached hydrogen (secondary N) is 1. The zero-order valence-electron chi connectivity index (χ0n) is 19.6. The molecule has 2 aliphatic heterocycles. The monoisotopic (exact) mass is 485 g/mol. The third-order valence-corrected chi connectivity index (χ3v) is 8.93. The van der Waals surface area contributed by atoms with Crippen LogP contribution in [0.15, 0.2) is 52.0 Å². The second-order valence-electron chi connectivity index (χ2n) is 9.30. The van der Waals surface area contributed by atoms with Crippen molar-refractivity contribution in [3.05, 3.63) is 59.6 Å². The van der Waals surface area contributed by atoms with Gasteiger partial charge in [0.1, 0.15) is 5.76 Å². The lowest BCUT2D eigenvalue weighted by Crippen LogP contribution is -2.45. The number of carbonyl (C=O) groups is 2. The average Bonchev–Trinajstić information content (AvgIpc) is 3.48. The van der Waals surface area contributed by atoms with Gasteiger partial charge in [0.25, 0.3) is 0 Å². The van der Waals surface area contributed by atoms with Gasteiger partial charge in [-0.05, 0) is 73.9 Å². The van der Waals surface area contributed by atoms with Crippen LogP contribution in [0.1, 0.15) is 36.1 Å². The number of hydrogen-bond donors (Lipinski definition) is 1. The quantitative estimate of drug-likeness (QED) is 0.634. The van der Waals surface area contributed by atoms with Crippen molar-refractivity contribution in [3.8, 4) is 0 Å². The maximum atomic E-state index is 13.2. The molecule has 0 bridgehead atoms. The number of nitrogens with zero attached hydrogens (tertiary/aromatic N) is 2. The van der Waals surface area contributed by atoms with Crippen molar-refractivity contribution in [1.29, 1.82) is 0 Å². The molecule has 3 heterocycles. The van der Waals surface area contributed by atoms with Gasteiger partial charge >= 0.3 is 0 Å². The Kier molecular flexibility index (Phi) is 6.95. The summed E-state index contributed by atoms with van der Waals surface area (Å²) in [5.74, 6) is 0.0829. The fourth-order valence-corrected chi connectivity index (χ4v) is 6.51. The highest BCUT2D eigenvalue weighted by Gasteiger charge is 2.44. The molecule has 8 nitrogen and oxygen atoms in total. The van der Waals surface area contributed by atoms with E-state index in [1.54, 1.807) is 33.5 Å². The SMILES string of the molecule is Cc1ccc(C)c(S(=O)(=O)N2CCC3(CCN(C(=O)CNC(=O)/C=C\c4ccco4)C3)CC2)c1. The lowest BCUT2D eigenvalue weighted by Gasteiger charge is -2.38. The first-order valence-corrected chi connectivity index (χ1v) is 13.0. The van der Waals surface area contributed by atoms with Crippen molar-refractivity contribution < 1.29 is 22.4 Å². The molecule has 34 heavy (non-hydrogen) atoms. The van der Waals surface area contributed by atoms with Crippen LogP contribution in [0, 0.1) is 19.3 Å². The van der Waals surface area contributed by atoms with E-state index in [1.165, 1.54) is 12.3 Å². The topological polar surface area (TPSA) is 99.9 Å². The van der Waals surface area contributed by atoms with Gasteiger partial charge in [-0.25, -0.2) is 8.42 Å². The molecule has 1 aromatic heterocycles. The maximum Gasteiger partial charge on any atom is 0.244 e. The van der Waals surface area contributed by atoms with Crippen LogP contribution in [-0.2, 0) is 19.6 Å². The summed E-state index contributed by atoms with van der Waals surface area (Å²) in [6.45, 7) is 5.78. The summed E-state index contributed by atoms with van der Waals surface area (Å²) < 4.78 is 33.2. The summed E-state index contributed by atoms with van der Waals surface area (Å²) in [7, 11) is -3.54. The zero-order valence-corrected chi connectivity index (χ0v) is 20.4. The van der Waals surface area contributed by atoms with Gasteiger partial charge in [-0.2, -0.15) is 4.31 Å². The molecule has 0 unspecified atom stereocenters. The lowest BCUT2D eigenvalue weighted by atomic mass is 9.78. The minimum atomic E-state index is -3.54. The number of piperidine rings is 1. The van der Waals surface area contributed by atoms with Crippen LogP contribution in [0.3, 0.4) is 0 Å². The van der Waals surface area contributed by atoms with Gasteiger partial charge in [0, 0.05) is 32.3 Å². The molecule has 4 rings (SSSR count). The molecule has 2 fully saturated rings. The molecule has 1 spiro atoms. The number of sulfonamides is 1. The van der Waals surface area contributed by atoms with Crippen molar-refractivity contribution >= 4 is 27.9 Å². The zero-order chi connectivity index (χ0) is 24.3. The minimum absolute atomic E-state index is 0.0630. The molecule has 0 saturated carbocycles. The summed E-state index contributed by atoms with van der Waals surface area (Å²) in [6, 6.07) is 8.97. The number of rotatable bonds is 6. The molecule has 182 valence electrons. The molecule has 0 aliphatic carbocycles. The van der Waals surface area contributed by atoms with E-state index in [0.29, 0.717) is 36.8 Å². The van der Waals surface area contributed by atoms with Gasteiger partial charge in [-0.3, -0.25) is 9.59 Å². The highest BCUT2D eigenvalue weighted by Crippen LogP contribution is 2.41. The first-order chi connectivity index (χ1) is 16.2. The normalized spacial score (nSPS) is 18.6. The highest BCUT2D eigenvalue weighted by atomic mass is 32.2. The largest absolute Gasteiger partial charge is 0.465 e. The maximum absolute atomic E-state index is 13.2. The van der Waals surface area contributed by atoms with Gasteiger partial charge in [-0.1, -0.05) is 12.1 Å². The van der Waals surface area contributed by atoms with E-state index in [9.17, 15) is 18.0 Å². The van der Waals surface area contributed by atoms with Gasteiger partial charge in [0.05, 0.1) is 17.7 Å². The van der Waals surface area contributed by atoms with Crippen molar-refractivity contribution in [2.24, 2.45) is 5.41 Å². The Morgan fingerprint density at radius 3 is 2.56 bits per heavy atom. The smallest absolute Gasteiger partial charge is 0.244 e. The summed E-state index contributed by atoms with van der Waals surface area (Å²) in [6.07, 6.45) is 6.70. The number of hydrogen-bond acceptors (Lipinski definition) is 5. The Morgan fingerprint density at radius 1 is 1.12 bits per heavy atom. The second-order valence-corrected chi connectivity index (χ2v) is 11.2. The third-order valence-electron chi connectivity index (χ3n) is 6.89. The molecule has 0 radical (unpaired) electrons. The summed E-state index contributed by atoms with van der Waals surface area (Å²) in [5, 5.41) is 2.62. The molecule has 1 aromatic carbocycles. The first kappa shape index (κ1) is 24.2. The van der Waals surface area contributed by atoms with Gasteiger partial charge in [-0.15, -0.1) is 0 Å². The lowest BCUT2D eigenvalue weighted by molar-refractivity contribution is -0.131. The van der Waals surface area contributed by atoms with E-state index in [4.69, 9.17) is 4.42 Å². The number of amides is 2. The Morgan fingerprint density at radius 2 is 1.85 bits per heavy atom. The average molecular weight is 486 g/mol. The van der Waals surface area contributed by atoms with Crippen LogP contribution in [0.2, 0.25) is 0 Å². The Bertz CT molecular complexity index is 1180. The molecule has 2 aliphatic rings. The Balaban J connectivity index is 1.29. The van der Waals surface area contributed by atoms with Crippen LogP contribution in [0.4, 0.5) is 0 Å². The fourth-order valence-electron chi connectivity index (χ4n) is 4.76. The van der Waals surface area contributed by atoms with Crippen LogP contribution < -0.4 is 5.32 Å². The van der Waals surface area contributed by atoms with E-state index in [2.05, 4.69) is 5.32 Å². The van der Waals surface area contributed by atoms with Gasteiger partial charge in [0.2, 0.25) is 21.8 Å². The van der Waals surface area contributed by atoms with Crippen molar-refractivity contribution in [1.82, 2.24) is 14.5 Å². The van der Waals surface area contributed by atoms with E-state index in [-0.39, 0.29) is 23.8 Å². The molecule has 1 N–H and O–H groups in total. The molecule has 0 atom stereocenters. The summed E-state index contributed by atoms with van der Waals surface area (Å²) in [4.78, 5) is 26.8. The highest BCUT2D eigenvalue weighted by molar-refractivity contribution is 7.89. The first-order valence-electron chi connectivity index (χ1n) is 11.5. The van der Waals surface area contributed by atoms with Gasteiger partial charge in [0.15, 0.2) is 0 Å². The fraction of sp³-hybridized carbons (Fsp3) is 0.440. The third kappa shape index (κ3) is 5.26. The molecule has 2 saturated heterocycles.